The van der Waals surface area contributed by atoms with E-state index in [0.29, 0.717) is 26.1 Å². The van der Waals surface area contributed by atoms with Crippen LogP contribution in [0.5, 0.6) is 0 Å². The first kappa shape index (κ1) is 15.9. The summed E-state index contributed by atoms with van der Waals surface area (Å²) in [6, 6.07) is 7.81. The third-order valence-corrected chi connectivity index (χ3v) is 5.46. The lowest BCUT2D eigenvalue weighted by Gasteiger charge is -2.24. The Labute approximate surface area is 124 Å². The van der Waals surface area contributed by atoms with E-state index in [-0.39, 0.29) is 6.42 Å². The largest absolute Gasteiger partial charge is 0.480 e. The van der Waals surface area contributed by atoms with Gasteiger partial charge in [0.25, 0.3) is 0 Å². The maximum atomic E-state index is 12.3. The maximum absolute atomic E-state index is 12.3. The minimum Gasteiger partial charge on any atom is -0.480 e. The quantitative estimate of drug-likeness (QED) is 0.809. The number of carboxylic acids is 1. The molecule has 1 unspecified atom stereocenters. The number of ether oxygens (including phenoxy) is 1. The average Bonchev–Trinajstić information content (AvgIpc) is 2.48. The number of sulfonamides is 1. The molecule has 1 aromatic rings. The number of carboxylic acid groups (broad SMARTS) is 1. The van der Waals surface area contributed by atoms with Gasteiger partial charge in [-0.05, 0) is 24.8 Å². The van der Waals surface area contributed by atoms with Crippen molar-refractivity contribution in [1.29, 1.82) is 0 Å². The molecule has 21 heavy (non-hydrogen) atoms. The Morgan fingerprint density at radius 3 is 2.48 bits per heavy atom. The van der Waals surface area contributed by atoms with Crippen LogP contribution < -0.4 is 4.72 Å². The standard InChI is InChI=1S/C14H19NO5S/c16-14(17)13(10-11-4-2-1-3-5-11)15-21(18,19)12-6-8-20-9-7-12/h1-5,12-13,15H,6-10H2,(H,16,17). The summed E-state index contributed by atoms with van der Waals surface area (Å²) in [5.74, 6) is -1.17. The Hall–Kier alpha value is -1.44. The Morgan fingerprint density at radius 2 is 1.90 bits per heavy atom. The van der Waals surface area contributed by atoms with E-state index in [0.717, 1.165) is 5.56 Å². The molecule has 1 aromatic carbocycles. The number of benzene rings is 1. The van der Waals surface area contributed by atoms with E-state index in [1.165, 1.54) is 0 Å². The van der Waals surface area contributed by atoms with E-state index >= 15 is 0 Å². The highest BCUT2D eigenvalue weighted by Crippen LogP contribution is 2.16. The van der Waals surface area contributed by atoms with Crippen molar-refractivity contribution < 1.29 is 23.1 Å². The zero-order chi connectivity index (χ0) is 15.3. The molecule has 0 amide bonds. The second kappa shape index (κ2) is 7.02. The first-order chi connectivity index (χ1) is 9.99. The average molecular weight is 313 g/mol. The molecule has 2 rings (SSSR count). The van der Waals surface area contributed by atoms with Crippen molar-refractivity contribution >= 4 is 16.0 Å². The van der Waals surface area contributed by atoms with Crippen molar-refractivity contribution in [2.75, 3.05) is 13.2 Å². The summed E-state index contributed by atoms with van der Waals surface area (Å²) in [7, 11) is -3.66. The van der Waals surface area contributed by atoms with Gasteiger partial charge in [0.2, 0.25) is 10.0 Å². The van der Waals surface area contributed by atoms with Crippen LogP contribution in [0.2, 0.25) is 0 Å². The molecular formula is C14H19NO5S. The summed E-state index contributed by atoms with van der Waals surface area (Å²) in [5.41, 5.74) is 0.777. The molecule has 0 aliphatic carbocycles. The van der Waals surface area contributed by atoms with E-state index in [9.17, 15) is 18.3 Å². The van der Waals surface area contributed by atoms with Crippen LogP contribution in [0.3, 0.4) is 0 Å². The smallest absolute Gasteiger partial charge is 0.322 e. The molecule has 1 aliphatic heterocycles. The molecule has 0 bridgehead atoms. The minimum absolute atomic E-state index is 0.124. The van der Waals surface area contributed by atoms with Gasteiger partial charge in [0.15, 0.2) is 0 Å². The van der Waals surface area contributed by atoms with E-state index in [4.69, 9.17) is 4.74 Å². The SMILES string of the molecule is O=C(O)C(Cc1ccccc1)NS(=O)(=O)C1CCOCC1. The fourth-order valence-electron chi connectivity index (χ4n) is 2.31. The van der Waals surface area contributed by atoms with Gasteiger partial charge in [-0.2, -0.15) is 0 Å². The van der Waals surface area contributed by atoms with E-state index in [2.05, 4.69) is 4.72 Å². The van der Waals surface area contributed by atoms with Gasteiger partial charge in [0, 0.05) is 13.2 Å². The van der Waals surface area contributed by atoms with Crippen molar-refractivity contribution in [3.63, 3.8) is 0 Å². The molecule has 0 spiro atoms. The molecule has 0 aromatic heterocycles. The maximum Gasteiger partial charge on any atom is 0.322 e. The number of carbonyl (C=O) groups is 1. The number of rotatable bonds is 6. The van der Waals surface area contributed by atoms with Crippen LogP contribution in [-0.2, 0) is 26.0 Å². The number of nitrogens with one attached hydrogen (secondary N) is 1. The normalized spacial score (nSPS) is 18.3. The van der Waals surface area contributed by atoms with Crippen molar-refractivity contribution in [2.45, 2.75) is 30.6 Å². The minimum atomic E-state index is -3.66. The molecular weight excluding hydrogens is 294 g/mol. The number of aliphatic carboxylic acids is 1. The third-order valence-electron chi connectivity index (χ3n) is 3.49. The van der Waals surface area contributed by atoms with Crippen LogP contribution in [0.25, 0.3) is 0 Å². The van der Waals surface area contributed by atoms with Gasteiger partial charge in [-0.3, -0.25) is 4.79 Å². The molecule has 1 heterocycles. The fraction of sp³-hybridized carbons (Fsp3) is 0.500. The van der Waals surface area contributed by atoms with Gasteiger partial charge in [-0.1, -0.05) is 30.3 Å². The predicted octanol–water partition coefficient (Wildman–Crippen LogP) is 0.781. The highest BCUT2D eigenvalue weighted by atomic mass is 32.2. The molecule has 2 N–H and O–H groups in total. The van der Waals surface area contributed by atoms with Gasteiger partial charge in [-0.25, -0.2) is 13.1 Å². The topological polar surface area (TPSA) is 92.7 Å². The predicted molar refractivity (Wildman–Crippen MR) is 77.5 cm³/mol. The number of hydrogen-bond donors (Lipinski definition) is 2. The summed E-state index contributed by atoms with van der Waals surface area (Å²) in [4.78, 5) is 11.3. The fourth-order valence-corrected chi connectivity index (χ4v) is 3.90. The first-order valence-electron chi connectivity index (χ1n) is 6.84. The van der Waals surface area contributed by atoms with Crippen LogP contribution in [-0.4, -0.2) is 44.0 Å². The molecule has 0 saturated carbocycles. The number of hydrogen-bond acceptors (Lipinski definition) is 4. The van der Waals surface area contributed by atoms with Crippen LogP contribution in [0.4, 0.5) is 0 Å². The van der Waals surface area contributed by atoms with Crippen LogP contribution in [0.15, 0.2) is 30.3 Å². The molecule has 116 valence electrons. The first-order valence-corrected chi connectivity index (χ1v) is 8.39. The van der Waals surface area contributed by atoms with Crippen molar-refractivity contribution in [2.24, 2.45) is 0 Å². The van der Waals surface area contributed by atoms with E-state index < -0.39 is 27.3 Å². The molecule has 7 heteroatoms. The van der Waals surface area contributed by atoms with E-state index in [1.54, 1.807) is 24.3 Å². The van der Waals surface area contributed by atoms with Crippen LogP contribution in [0.1, 0.15) is 18.4 Å². The lowest BCUT2D eigenvalue weighted by atomic mass is 10.1. The third kappa shape index (κ3) is 4.52. The highest BCUT2D eigenvalue weighted by Gasteiger charge is 2.32. The molecule has 1 fully saturated rings. The molecule has 1 saturated heterocycles. The monoisotopic (exact) mass is 313 g/mol. The van der Waals surface area contributed by atoms with Crippen LogP contribution in [0, 0.1) is 0 Å². The Morgan fingerprint density at radius 1 is 1.29 bits per heavy atom. The van der Waals surface area contributed by atoms with Gasteiger partial charge >= 0.3 is 5.97 Å². The Bertz CT molecular complexity index is 566. The summed E-state index contributed by atoms with van der Waals surface area (Å²) in [5, 5.41) is 8.66. The lowest BCUT2D eigenvalue weighted by molar-refractivity contribution is -0.138. The Kier molecular flexibility index (Phi) is 5.33. The second-order valence-corrected chi connectivity index (χ2v) is 7.05. The van der Waals surface area contributed by atoms with Gasteiger partial charge in [0.1, 0.15) is 6.04 Å². The van der Waals surface area contributed by atoms with Gasteiger partial charge in [0.05, 0.1) is 5.25 Å². The summed E-state index contributed by atoms with van der Waals surface area (Å²) in [6.07, 6.45) is 0.915. The molecule has 6 nitrogen and oxygen atoms in total. The summed E-state index contributed by atoms with van der Waals surface area (Å²) >= 11 is 0. The van der Waals surface area contributed by atoms with Gasteiger partial charge in [-0.15, -0.1) is 0 Å². The summed E-state index contributed by atoms with van der Waals surface area (Å²) in [6.45, 7) is 0.782. The van der Waals surface area contributed by atoms with Gasteiger partial charge < -0.3 is 9.84 Å². The lowest BCUT2D eigenvalue weighted by Crippen LogP contribution is -2.47. The van der Waals surface area contributed by atoms with Crippen molar-refractivity contribution in [3.05, 3.63) is 35.9 Å². The van der Waals surface area contributed by atoms with Crippen LogP contribution >= 0.6 is 0 Å². The Balaban J connectivity index is 2.07. The molecule has 0 radical (unpaired) electrons. The summed E-state index contributed by atoms with van der Waals surface area (Å²) < 4.78 is 32.0. The molecule has 1 atom stereocenters. The molecule has 1 aliphatic rings. The van der Waals surface area contributed by atoms with Crippen molar-refractivity contribution in [3.8, 4) is 0 Å². The zero-order valence-electron chi connectivity index (χ0n) is 11.6. The van der Waals surface area contributed by atoms with E-state index in [1.807, 2.05) is 6.07 Å². The zero-order valence-corrected chi connectivity index (χ0v) is 12.4. The van der Waals surface area contributed by atoms with Crippen molar-refractivity contribution in [1.82, 2.24) is 4.72 Å². The highest BCUT2D eigenvalue weighted by molar-refractivity contribution is 7.90. The second-order valence-electron chi connectivity index (χ2n) is 5.06.